The minimum atomic E-state index is 0.740. The molecular weight excluding hydrogens is 292 g/mol. The maximum atomic E-state index is 4.88. The number of para-hydroxylation sites is 1. The number of aromatic nitrogens is 2. The Morgan fingerprint density at radius 1 is 0.625 bits per heavy atom. The van der Waals surface area contributed by atoms with Crippen LogP contribution in [0.25, 0.3) is 27.7 Å². The molecule has 24 heavy (non-hydrogen) atoms. The zero-order valence-corrected chi connectivity index (χ0v) is 13.1. The minimum absolute atomic E-state index is 0.740. The van der Waals surface area contributed by atoms with Crippen molar-refractivity contribution in [2.45, 2.75) is 0 Å². The standard InChI is InChI=1S/C22H16N2/c1-2-5-13-18(14-6-3-1)22-23-20-16-10-9-15-19(20)21(24-22)17-11-7-4-8-12-17/h1-16H/b2-1?,3-1?,5-2?,6-3?,13-5-,14-6?,18-13?,18-14+. The second kappa shape index (κ2) is 6.47. The predicted octanol–water partition coefficient (Wildman–Crippen LogP) is 5.36. The number of fused-ring (bicyclic) bond motifs is 1. The Bertz CT molecular complexity index is 993. The molecule has 0 saturated heterocycles. The highest BCUT2D eigenvalue weighted by Gasteiger charge is 2.11. The largest absolute Gasteiger partial charge is 0.228 e. The average molecular weight is 308 g/mol. The van der Waals surface area contributed by atoms with E-state index < -0.39 is 0 Å². The van der Waals surface area contributed by atoms with Gasteiger partial charge >= 0.3 is 0 Å². The monoisotopic (exact) mass is 308 g/mol. The Hall–Kier alpha value is -3.26. The van der Waals surface area contributed by atoms with Crippen LogP contribution in [-0.2, 0) is 0 Å². The number of nitrogens with zero attached hydrogens (tertiary/aromatic N) is 2. The molecular formula is C22H16N2. The molecule has 1 aromatic heterocycles. The summed E-state index contributed by atoms with van der Waals surface area (Å²) in [6.45, 7) is 0. The third kappa shape index (κ3) is 2.82. The van der Waals surface area contributed by atoms with Crippen LogP contribution in [0.15, 0.2) is 97.1 Å². The van der Waals surface area contributed by atoms with Crippen molar-refractivity contribution in [1.29, 1.82) is 0 Å². The van der Waals surface area contributed by atoms with Gasteiger partial charge in [-0.05, 0) is 6.07 Å². The highest BCUT2D eigenvalue weighted by atomic mass is 14.9. The Morgan fingerprint density at radius 2 is 1.38 bits per heavy atom. The van der Waals surface area contributed by atoms with Crippen molar-refractivity contribution in [1.82, 2.24) is 9.97 Å². The molecule has 2 heteroatoms. The number of hydrogen-bond donors (Lipinski definition) is 0. The summed E-state index contributed by atoms with van der Waals surface area (Å²) in [5.41, 5.74) is 4.02. The maximum absolute atomic E-state index is 4.88. The van der Waals surface area contributed by atoms with Gasteiger partial charge in [0, 0.05) is 16.5 Å². The molecule has 0 atom stereocenters. The summed E-state index contributed by atoms with van der Waals surface area (Å²) in [5, 5.41) is 1.07. The van der Waals surface area contributed by atoms with Gasteiger partial charge in [0.05, 0.1) is 11.2 Å². The number of benzene rings is 2. The Kier molecular flexibility index (Phi) is 3.86. The topological polar surface area (TPSA) is 25.8 Å². The first kappa shape index (κ1) is 14.3. The van der Waals surface area contributed by atoms with Crippen LogP contribution < -0.4 is 0 Å². The van der Waals surface area contributed by atoms with Crippen LogP contribution in [-0.4, -0.2) is 9.97 Å². The lowest BCUT2D eigenvalue weighted by Crippen LogP contribution is -1.97. The third-order valence-electron chi connectivity index (χ3n) is 3.90. The van der Waals surface area contributed by atoms with Gasteiger partial charge in [-0.25, -0.2) is 9.97 Å². The van der Waals surface area contributed by atoms with E-state index in [9.17, 15) is 0 Å². The van der Waals surface area contributed by atoms with Crippen molar-refractivity contribution in [3.8, 4) is 11.3 Å². The molecule has 4 rings (SSSR count). The van der Waals surface area contributed by atoms with Crippen LogP contribution in [0, 0.1) is 0 Å². The van der Waals surface area contributed by atoms with E-state index in [0.717, 1.165) is 33.6 Å². The summed E-state index contributed by atoms with van der Waals surface area (Å²) in [6, 6.07) is 18.4. The van der Waals surface area contributed by atoms with Gasteiger partial charge in [-0.3, -0.25) is 0 Å². The normalized spacial score (nSPS) is 17.1. The van der Waals surface area contributed by atoms with Crippen LogP contribution in [0.3, 0.4) is 0 Å². The molecule has 2 aromatic carbocycles. The second-order valence-corrected chi connectivity index (χ2v) is 5.53. The molecule has 0 saturated carbocycles. The lowest BCUT2D eigenvalue weighted by Gasteiger charge is -2.09. The van der Waals surface area contributed by atoms with Crippen molar-refractivity contribution >= 4 is 16.5 Å². The smallest absolute Gasteiger partial charge is 0.160 e. The van der Waals surface area contributed by atoms with Gasteiger partial charge in [-0.1, -0.05) is 91.1 Å². The summed E-state index contributed by atoms with van der Waals surface area (Å²) in [4.78, 5) is 9.65. The summed E-state index contributed by atoms with van der Waals surface area (Å²) in [7, 11) is 0. The molecule has 1 aliphatic rings. The van der Waals surface area contributed by atoms with E-state index in [2.05, 4.69) is 18.2 Å². The van der Waals surface area contributed by atoms with E-state index in [1.54, 1.807) is 0 Å². The second-order valence-electron chi connectivity index (χ2n) is 5.53. The molecule has 0 bridgehead atoms. The van der Waals surface area contributed by atoms with Crippen molar-refractivity contribution in [3.63, 3.8) is 0 Å². The van der Waals surface area contributed by atoms with Crippen LogP contribution in [0.5, 0.6) is 0 Å². The fourth-order valence-corrected chi connectivity index (χ4v) is 2.74. The summed E-state index contributed by atoms with van der Waals surface area (Å²) >= 11 is 0. The molecule has 3 aromatic rings. The third-order valence-corrected chi connectivity index (χ3v) is 3.90. The Morgan fingerprint density at radius 3 is 2.29 bits per heavy atom. The van der Waals surface area contributed by atoms with E-state index in [0.29, 0.717) is 0 Å². The van der Waals surface area contributed by atoms with Crippen molar-refractivity contribution in [2.75, 3.05) is 0 Å². The minimum Gasteiger partial charge on any atom is -0.228 e. The van der Waals surface area contributed by atoms with E-state index >= 15 is 0 Å². The molecule has 0 N–H and O–H groups in total. The molecule has 0 amide bonds. The first-order valence-corrected chi connectivity index (χ1v) is 7.96. The van der Waals surface area contributed by atoms with Crippen LogP contribution >= 0.6 is 0 Å². The summed E-state index contributed by atoms with van der Waals surface area (Å²) < 4.78 is 0. The molecule has 1 aliphatic carbocycles. The van der Waals surface area contributed by atoms with Crippen molar-refractivity contribution < 1.29 is 0 Å². The van der Waals surface area contributed by atoms with Crippen molar-refractivity contribution in [2.24, 2.45) is 0 Å². The highest BCUT2D eigenvalue weighted by molar-refractivity contribution is 5.93. The molecule has 0 fully saturated rings. The van der Waals surface area contributed by atoms with Crippen molar-refractivity contribution in [3.05, 3.63) is 103 Å². The first-order chi connectivity index (χ1) is 11.9. The average Bonchev–Trinajstić information content (AvgIpc) is 2.61. The van der Waals surface area contributed by atoms with Gasteiger partial charge in [0.1, 0.15) is 0 Å². The van der Waals surface area contributed by atoms with Gasteiger partial charge in [0.15, 0.2) is 5.82 Å². The summed E-state index contributed by atoms with van der Waals surface area (Å²) in [5.74, 6) is 0.740. The number of hydrogen-bond acceptors (Lipinski definition) is 2. The Balaban J connectivity index is 1.95. The number of allylic oxidation sites excluding steroid dienone is 8. The molecule has 2 nitrogen and oxygen atoms in total. The molecule has 0 unspecified atom stereocenters. The Labute approximate surface area is 141 Å². The highest BCUT2D eigenvalue weighted by Crippen LogP contribution is 2.28. The molecule has 1 heterocycles. The van der Waals surface area contributed by atoms with Gasteiger partial charge in [-0.2, -0.15) is 0 Å². The first-order valence-electron chi connectivity index (χ1n) is 7.96. The zero-order chi connectivity index (χ0) is 16.2. The fraction of sp³-hybridized carbons (Fsp3) is 0. The zero-order valence-electron chi connectivity index (χ0n) is 13.1. The fourth-order valence-electron chi connectivity index (χ4n) is 2.74. The molecule has 0 radical (unpaired) electrons. The predicted molar refractivity (Wildman–Crippen MR) is 100 cm³/mol. The molecule has 0 spiro atoms. The van der Waals surface area contributed by atoms with Crippen LogP contribution in [0.1, 0.15) is 5.82 Å². The lowest BCUT2D eigenvalue weighted by atomic mass is 10.1. The maximum Gasteiger partial charge on any atom is 0.160 e. The van der Waals surface area contributed by atoms with E-state index in [4.69, 9.17) is 9.97 Å². The quantitative estimate of drug-likeness (QED) is 0.636. The SMILES string of the molecule is C1=C/C=C\C(c2nc(-c3ccccc3)c3ccccc3n2)=C/C=C1. The molecule has 0 aliphatic heterocycles. The van der Waals surface area contributed by atoms with Crippen LogP contribution in [0.4, 0.5) is 0 Å². The molecule has 114 valence electrons. The van der Waals surface area contributed by atoms with E-state index in [-0.39, 0.29) is 0 Å². The lowest BCUT2D eigenvalue weighted by molar-refractivity contribution is 1.17. The van der Waals surface area contributed by atoms with Gasteiger partial charge in [-0.15, -0.1) is 0 Å². The van der Waals surface area contributed by atoms with Gasteiger partial charge in [0.2, 0.25) is 0 Å². The van der Waals surface area contributed by atoms with Gasteiger partial charge in [0.25, 0.3) is 0 Å². The van der Waals surface area contributed by atoms with Crippen LogP contribution in [0.2, 0.25) is 0 Å². The number of rotatable bonds is 2. The van der Waals surface area contributed by atoms with E-state index in [1.165, 1.54) is 0 Å². The van der Waals surface area contributed by atoms with Gasteiger partial charge < -0.3 is 0 Å². The summed E-state index contributed by atoms with van der Waals surface area (Å²) in [6.07, 6.45) is 14.1. The van der Waals surface area contributed by atoms with E-state index in [1.807, 2.05) is 78.9 Å².